The highest BCUT2D eigenvalue weighted by molar-refractivity contribution is 7.60. The number of nitrogens with zero attached hydrogens (tertiary/aromatic N) is 6. The van der Waals surface area contributed by atoms with Gasteiger partial charge in [-0.1, -0.05) is 6.07 Å². The number of alkyl carbamates (subject to hydrolysis) is 1. The van der Waals surface area contributed by atoms with Gasteiger partial charge in [-0.15, -0.1) is 0 Å². The van der Waals surface area contributed by atoms with Crippen LogP contribution in [-0.4, -0.2) is 129 Å². The van der Waals surface area contributed by atoms with E-state index in [-0.39, 0.29) is 41.2 Å². The number of aliphatic hydroxyl groups is 1. The van der Waals surface area contributed by atoms with Gasteiger partial charge in [-0.05, 0) is 35.9 Å². The number of phosphoric ester groups is 1. The van der Waals surface area contributed by atoms with Crippen molar-refractivity contribution in [2.75, 3.05) is 58.5 Å². The van der Waals surface area contributed by atoms with Gasteiger partial charge in [0.15, 0.2) is 23.8 Å². The van der Waals surface area contributed by atoms with Crippen molar-refractivity contribution in [3.05, 3.63) is 83.7 Å². The van der Waals surface area contributed by atoms with Crippen molar-refractivity contribution in [3.63, 3.8) is 0 Å². The van der Waals surface area contributed by atoms with Crippen molar-refractivity contribution in [1.29, 1.82) is 0 Å². The molecule has 4 aromatic rings. The molecule has 2 aliphatic heterocycles. The second-order valence-electron chi connectivity index (χ2n) is 14.7. The second kappa shape index (κ2) is 18.0. The van der Waals surface area contributed by atoms with E-state index >= 15 is 0 Å². The molecule has 338 valence electrons. The largest absolute Gasteiger partial charge is 0.481 e. The van der Waals surface area contributed by atoms with Gasteiger partial charge in [0.05, 0.1) is 24.6 Å². The number of phosphoric acid groups is 2. The van der Waals surface area contributed by atoms with Gasteiger partial charge in [-0.3, -0.25) is 13.9 Å². The third-order valence-electron chi connectivity index (χ3n) is 10.0. The molecule has 5 atom stereocenters. The fourth-order valence-corrected chi connectivity index (χ4v) is 8.59. The molecule has 1 fully saturated rings. The number of carbonyl (C=O) groups is 3. The minimum absolute atomic E-state index is 0.0145. The highest BCUT2D eigenvalue weighted by Gasteiger charge is 2.49. The highest BCUT2D eigenvalue weighted by Crippen LogP contribution is 2.58. The van der Waals surface area contributed by atoms with Crippen LogP contribution in [0.5, 0.6) is 0 Å². The van der Waals surface area contributed by atoms with E-state index in [0.717, 1.165) is 17.4 Å². The Labute approximate surface area is 361 Å². The summed E-state index contributed by atoms with van der Waals surface area (Å²) in [7, 11) is -3.28. The molecule has 0 bridgehead atoms. The lowest BCUT2D eigenvalue weighted by Crippen LogP contribution is -2.41. The van der Waals surface area contributed by atoms with Crippen molar-refractivity contribution in [2.45, 2.75) is 24.5 Å². The topological polar surface area (TPSA) is 336 Å². The first-order valence-electron chi connectivity index (χ1n) is 19.0. The van der Waals surface area contributed by atoms with E-state index in [4.69, 9.17) is 29.4 Å². The summed E-state index contributed by atoms with van der Waals surface area (Å²) in [6.07, 6.45) is -5.17. The normalized spacial score (nSPS) is 18.5. The van der Waals surface area contributed by atoms with E-state index in [1.54, 1.807) is 6.07 Å². The molecule has 1 aliphatic carbocycles. The van der Waals surface area contributed by atoms with Crippen LogP contribution in [0.3, 0.4) is 0 Å². The van der Waals surface area contributed by atoms with Crippen LogP contribution in [0.4, 0.5) is 16.3 Å². The number of aliphatic hydroxyl groups excluding tert-OH is 1. The van der Waals surface area contributed by atoms with Crippen LogP contribution >= 0.6 is 15.6 Å². The molecule has 0 radical (unpaired) electrons. The van der Waals surface area contributed by atoms with Crippen molar-refractivity contribution in [3.8, 4) is 22.5 Å². The van der Waals surface area contributed by atoms with Crippen LogP contribution in [0.25, 0.3) is 44.6 Å². The van der Waals surface area contributed by atoms with Crippen molar-refractivity contribution in [1.82, 2.24) is 34.7 Å². The van der Waals surface area contributed by atoms with Gasteiger partial charge in [-0.2, -0.15) is 4.31 Å². The number of fused-ring (bicyclic) bond motifs is 3. The summed E-state index contributed by atoms with van der Waals surface area (Å²) in [5.74, 6) is -1.44. The second-order valence-corrected chi connectivity index (χ2v) is 17.5. The zero-order valence-corrected chi connectivity index (χ0v) is 36.0. The number of carboxylic acid groups (broad SMARTS) is 1. The minimum Gasteiger partial charge on any atom is -0.478 e. The van der Waals surface area contributed by atoms with E-state index in [0.29, 0.717) is 33.4 Å². The first-order valence-corrected chi connectivity index (χ1v) is 22.0. The maximum Gasteiger partial charge on any atom is 0.481 e. The smallest absolute Gasteiger partial charge is 0.478 e. The molecule has 3 aliphatic rings. The van der Waals surface area contributed by atoms with E-state index in [1.165, 1.54) is 23.0 Å². The standard InChI is InChI=1S/C38H41N9O15P2/c1-45(2)20-6-9-23-26(14-20)59-27-15-21(46(3)4)7-10-24(27)29(23)22-8-5-19(13-25(22)37(50)51)35(49)40-11-12-41-38(52)61-32-31(48)28(16-58-64(56,57)62-63(53,54)55)60-36(32)47-18-44-30-33(39)42-17-43-34(30)47/h5-10,13-15,17-18,28,31-32,36,48H,11-12,16H2,1-4H3,(H7-,39,40,41,42,43,49,50,51,52,53,54,55,56,57)/p+1/t28-,31-,32-,36-/m1/s1. The number of carboxylic acids is 1. The van der Waals surface area contributed by atoms with Gasteiger partial charge in [0.1, 0.15) is 49.5 Å². The summed E-state index contributed by atoms with van der Waals surface area (Å²) < 4.78 is 52.4. The first-order chi connectivity index (χ1) is 30.2. The number of imidazole rings is 1. The van der Waals surface area contributed by atoms with Gasteiger partial charge in [0.25, 0.3) is 5.91 Å². The number of nitrogen functional groups attached to an aromatic ring is 1. The van der Waals surface area contributed by atoms with Crippen LogP contribution in [0, 0.1) is 0 Å². The van der Waals surface area contributed by atoms with Crippen LogP contribution < -0.4 is 31.2 Å². The third-order valence-corrected chi connectivity index (χ3v) is 12.2. The average molecular weight is 927 g/mol. The number of nitrogens with two attached hydrogens (primary N) is 1. The number of rotatable bonds is 14. The number of hydrogen-bond acceptors (Lipinski definition) is 16. The average Bonchev–Trinajstić information content (AvgIpc) is 3.79. The molecule has 24 nitrogen and oxygen atoms in total. The predicted molar refractivity (Wildman–Crippen MR) is 226 cm³/mol. The summed E-state index contributed by atoms with van der Waals surface area (Å²) in [5, 5.41) is 28.1. The number of hydrogen-bond donors (Lipinski definition) is 8. The van der Waals surface area contributed by atoms with Gasteiger partial charge in [0, 0.05) is 67.1 Å². The zero-order chi connectivity index (χ0) is 46.2. The molecule has 7 rings (SSSR count). The molecule has 64 heavy (non-hydrogen) atoms. The number of aromatic carboxylic acids is 1. The molecular weight excluding hydrogens is 884 g/mol. The van der Waals surface area contributed by atoms with Gasteiger partial charge in [0.2, 0.25) is 5.36 Å². The summed E-state index contributed by atoms with van der Waals surface area (Å²) in [5.41, 5.74) is 8.94. The lowest BCUT2D eigenvalue weighted by Gasteiger charge is -2.22. The van der Waals surface area contributed by atoms with Crippen LogP contribution in [0.2, 0.25) is 0 Å². The molecule has 26 heteroatoms. The van der Waals surface area contributed by atoms with E-state index in [1.807, 2.05) is 74.1 Å². The Kier molecular flexibility index (Phi) is 12.9. The van der Waals surface area contributed by atoms with E-state index < -0.39 is 64.8 Å². The molecule has 0 saturated carbocycles. The Hall–Kier alpha value is -6.33. The minimum atomic E-state index is -5.47. The SMILES string of the molecule is CN(C)c1ccc2c(-c3ccc(C(=O)NCCNC(=O)O[C@@H]4[C@H](O)[C@@H](COP(=O)(O)OP(=O)(O)O)O[C@H]4n4cnc5c(N)ncnc54)cc3C(=O)O)c3ccc(=[N+](C)C)cc-3oc2c1. The highest BCUT2D eigenvalue weighted by atomic mass is 31.3. The van der Waals surface area contributed by atoms with Gasteiger partial charge >= 0.3 is 27.7 Å². The summed E-state index contributed by atoms with van der Waals surface area (Å²) >= 11 is 0. The fourth-order valence-electron chi connectivity index (χ4n) is 6.99. The number of nitrogens with one attached hydrogen (secondary N) is 2. The maximum absolute atomic E-state index is 13.4. The number of carbonyl (C=O) groups excluding carboxylic acids is 2. The molecule has 2 aromatic heterocycles. The Morgan fingerprint density at radius 1 is 0.969 bits per heavy atom. The molecule has 1 unspecified atom stereocenters. The van der Waals surface area contributed by atoms with Crippen LogP contribution in [0.15, 0.2) is 71.7 Å². The van der Waals surface area contributed by atoms with Crippen molar-refractivity contribution in [2.24, 2.45) is 0 Å². The quantitative estimate of drug-likeness (QED) is 0.0334. The van der Waals surface area contributed by atoms with Crippen LogP contribution in [-0.2, 0) is 27.4 Å². The van der Waals surface area contributed by atoms with Crippen LogP contribution in [0.1, 0.15) is 26.9 Å². The number of aromatic nitrogens is 4. The molecular formula is C38H42N9O15P2+. The summed E-state index contributed by atoms with van der Waals surface area (Å²) in [6.45, 7) is -1.37. The Morgan fingerprint density at radius 3 is 2.41 bits per heavy atom. The Morgan fingerprint density at radius 2 is 1.70 bits per heavy atom. The van der Waals surface area contributed by atoms with Gasteiger partial charge < -0.3 is 60.1 Å². The third kappa shape index (κ3) is 9.74. The summed E-state index contributed by atoms with van der Waals surface area (Å²) in [4.78, 5) is 80.9. The van der Waals surface area contributed by atoms with E-state index in [2.05, 4.69) is 34.4 Å². The molecule has 2 aromatic carbocycles. The molecule has 1 saturated heterocycles. The van der Waals surface area contributed by atoms with Crippen molar-refractivity contribution >= 4 is 67.3 Å². The van der Waals surface area contributed by atoms with Gasteiger partial charge in [-0.25, -0.2) is 38.2 Å². The monoisotopic (exact) mass is 926 g/mol. The lowest BCUT2D eigenvalue weighted by atomic mass is 9.89. The Balaban J connectivity index is 1.06. The molecule has 0 spiro atoms. The Bertz CT molecular complexity index is 2930. The predicted octanol–water partition coefficient (Wildman–Crippen LogP) is 1.73. The number of anilines is 2. The molecule has 9 N–H and O–H groups in total. The number of benzene rings is 3. The molecule has 4 heterocycles. The zero-order valence-electron chi connectivity index (χ0n) is 34.3. The number of ether oxygens (including phenoxy) is 2. The number of amides is 2. The lowest BCUT2D eigenvalue weighted by molar-refractivity contribution is -0.0522. The molecule has 2 amide bonds. The fraction of sp³-hybridized carbons (Fsp3) is 0.289. The maximum atomic E-state index is 13.4. The summed E-state index contributed by atoms with van der Waals surface area (Å²) in [6, 6.07) is 15.5. The van der Waals surface area contributed by atoms with E-state index in [9.17, 15) is 38.6 Å². The van der Waals surface area contributed by atoms with Crippen molar-refractivity contribution < 1.29 is 71.1 Å². The first kappa shape index (κ1) is 45.7.